The van der Waals surface area contributed by atoms with Gasteiger partial charge in [0.15, 0.2) is 11.6 Å². The van der Waals surface area contributed by atoms with E-state index in [1.165, 1.54) is 24.6 Å². The van der Waals surface area contributed by atoms with Gasteiger partial charge < -0.3 is 5.11 Å². The summed E-state index contributed by atoms with van der Waals surface area (Å²) in [5.74, 6) is -1.89. The zero-order chi connectivity index (χ0) is 14.6. The van der Waals surface area contributed by atoms with Crippen LogP contribution in [0.15, 0.2) is 48.5 Å². The van der Waals surface area contributed by atoms with Crippen molar-refractivity contribution in [1.82, 2.24) is 0 Å². The van der Waals surface area contributed by atoms with Crippen LogP contribution in [0.3, 0.4) is 0 Å². The van der Waals surface area contributed by atoms with Crippen molar-refractivity contribution in [3.8, 4) is 0 Å². The highest BCUT2D eigenvalue weighted by Crippen LogP contribution is 2.29. The van der Waals surface area contributed by atoms with Crippen LogP contribution in [0.25, 0.3) is 0 Å². The maximum absolute atomic E-state index is 13.7. The van der Waals surface area contributed by atoms with E-state index in [0.717, 1.165) is 12.5 Å². The molecule has 0 aromatic heterocycles. The summed E-state index contributed by atoms with van der Waals surface area (Å²) in [6, 6.07) is 13.8. The SMILES string of the molecule is CC(O)(CCCc1ccccc1)c1cccc(F)c1F. The van der Waals surface area contributed by atoms with Crippen LogP contribution in [0.2, 0.25) is 0 Å². The highest BCUT2D eigenvalue weighted by Gasteiger charge is 2.27. The number of rotatable bonds is 5. The average Bonchev–Trinajstić information content (AvgIpc) is 2.42. The Morgan fingerprint density at radius 1 is 1.00 bits per heavy atom. The number of benzene rings is 2. The van der Waals surface area contributed by atoms with E-state index < -0.39 is 17.2 Å². The molecule has 2 aromatic rings. The van der Waals surface area contributed by atoms with Crippen molar-refractivity contribution in [2.24, 2.45) is 0 Å². The molecule has 0 aliphatic carbocycles. The lowest BCUT2D eigenvalue weighted by Gasteiger charge is -2.24. The first-order valence-electron chi connectivity index (χ1n) is 6.71. The fourth-order valence-corrected chi connectivity index (χ4v) is 2.34. The van der Waals surface area contributed by atoms with Gasteiger partial charge in [-0.1, -0.05) is 42.5 Å². The fourth-order valence-electron chi connectivity index (χ4n) is 2.34. The average molecular weight is 276 g/mol. The first-order chi connectivity index (χ1) is 9.50. The lowest BCUT2D eigenvalue weighted by atomic mass is 9.89. The van der Waals surface area contributed by atoms with Crippen molar-refractivity contribution >= 4 is 0 Å². The Bertz CT molecular complexity index is 564. The zero-order valence-electron chi connectivity index (χ0n) is 11.4. The molecule has 106 valence electrons. The van der Waals surface area contributed by atoms with Gasteiger partial charge in [0.05, 0.1) is 5.60 Å². The zero-order valence-corrected chi connectivity index (χ0v) is 11.4. The molecular weight excluding hydrogens is 258 g/mol. The first kappa shape index (κ1) is 14.7. The second kappa shape index (κ2) is 6.14. The molecule has 0 radical (unpaired) electrons. The monoisotopic (exact) mass is 276 g/mol. The Kier molecular flexibility index (Phi) is 4.50. The molecule has 0 heterocycles. The van der Waals surface area contributed by atoms with Gasteiger partial charge in [0, 0.05) is 5.56 Å². The molecule has 20 heavy (non-hydrogen) atoms. The van der Waals surface area contributed by atoms with Gasteiger partial charge in [0.25, 0.3) is 0 Å². The van der Waals surface area contributed by atoms with Gasteiger partial charge in [-0.2, -0.15) is 0 Å². The summed E-state index contributed by atoms with van der Waals surface area (Å²) in [4.78, 5) is 0. The van der Waals surface area contributed by atoms with Crippen molar-refractivity contribution in [1.29, 1.82) is 0 Å². The van der Waals surface area contributed by atoms with Crippen LogP contribution in [-0.4, -0.2) is 5.11 Å². The Labute approximate surface area is 117 Å². The highest BCUT2D eigenvalue weighted by molar-refractivity contribution is 5.25. The third-order valence-corrected chi connectivity index (χ3v) is 3.50. The van der Waals surface area contributed by atoms with E-state index in [2.05, 4.69) is 0 Å². The number of halogens is 2. The third kappa shape index (κ3) is 3.42. The molecule has 1 unspecified atom stereocenters. The van der Waals surface area contributed by atoms with E-state index in [4.69, 9.17) is 0 Å². The molecule has 0 bridgehead atoms. The predicted octanol–water partition coefficient (Wildman–Crippen LogP) is 4.20. The molecule has 0 aliphatic heterocycles. The number of aliphatic hydroxyl groups is 1. The summed E-state index contributed by atoms with van der Waals surface area (Å²) in [6.07, 6.45) is 1.88. The standard InChI is InChI=1S/C17H18F2O/c1-17(20,14-10-5-11-15(18)16(14)19)12-6-9-13-7-3-2-4-8-13/h2-5,7-8,10-11,20H,6,9,12H2,1H3. The molecule has 1 atom stereocenters. The van der Waals surface area contributed by atoms with Gasteiger partial charge in [-0.05, 0) is 37.8 Å². The molecule has 2 aromatic carbocycles. The summed E-state index contributed by atoms with van der Waals surface area (Å²) < 4.78 is 26.9. The molecule has 0 aliphatic rings. The maximum Gasteiger partial charge on any atom is 0.164 e. The second-order valence-electron chi connectivity index (χ2n) is 5.21. The van der Waals surface area contributed by atoms with E-state index in [-0.39, 0.29) is 5.56 Å². The highest BCUT2D eigenvalue weighted by atomic mass is 19.2. The van der Waals surface area contributed by atoms with E-state index in [0.29, 0.717) is 12.8 Å². The predicted molar refractivity (Wildman–Crippen MR) is 75.3 cm³/mol. The summed E-state index contributed by atoms with van der Waals surface area (Å²) in [5.41, 5.74) is -0.172. The van der Waals surface area contributed by atoms with Gasteiger partial charge in [0.1, 0.15) is 0 Å². The fraction of sp³-hybridized carbons (Fsp3) is 0.294. The normalized spacial score (nSPS) is 14.0. The number of aryl methyl sites for hydroxylation is 1. The maximum atomic E-state index is 13.7. The summed E-state index contributed by atoms with van der Waals surface area (Å²) in [5, 5.41) is 10.4. The summed E-state index contributed by atoms with van der Waals surface area (Å²) >= 11 is 0. The smallest absolute Gasteiger partial charge is 0.164 e. The van der Waals surface area contributed by atoms with Gasteiger partial charge in [-0.3, -0.25) is 0 Å². The largest absolute Gasteiger partial charge is 0.385 e. The molecule has 0 saturated carbocycles. The van der Waals surface area contributed by atoms with Crippen LogP contribution >= 0.6 is 0 Å². The van der Waals surface area contributed by atoms with E-state index >= 15 is 0 Å². The van der Waals surface area contributed by atoms with Gasteiger partial charge >= 0.3 is 0 Å². The Hall–Kier alpha value is -1.74. The van der Waals surface area contributed by atoms with Crippen molar-refractivity contribution in [2.45, 2.75) is 31.8 Å². The molecule has 0 fully saturated rings. The molecule has 1 N–H and O–H groups in total. The summed E-state index contributed by atoms with van der Waals surface area (Å²) in [6.45, 7) is 1.52. The lowest BCUT2D eigenvalue weighted by Crippen LogP contribution is -2.23. The summed E-state index contributed by atoms with van der Waals surface area (Å²) in [7, 11) is 0. The Morgan fingerprint density at radius 2 is 1.70 bits per heavy atom. The van der Waals surface area contributed by atoms with Gasteiger partial charge in [0.2, 0.25) is 0 Å². The number of hydrogen-bond acceptors (Lipinski definition) is 1. The van der Waals surface area contributed by atoms with Gasteiger partial charge in [-0.25, -0.2) is 8.78 Å². The van der Waals surface area contributed by atoms with Crippen LogP contribution in [0.5, 0.6) is 0 Å². The van der Waals surface area contributed by atoms with Crippen molar-refractivity contribution < 1.29 is 13.9 Å². The molecule has 1 nitrogen and oxygen atoms in total. The van der Waals surface area contributed by atoms with E-state index in [1.54, 1.807) is 0 Å². The van der Waals surface area contributed by atoms with Crippen molar-refractivity contribution in [3.63, 3.8) is 0 Å². The minimum Gasteiger partial charge on any atom is -0.385 e. The molecule has 2 rings (SSSR count). The molecule has 0 amide bonds. The minimum absolute atomic E-state index is 0.0190. The third-order valence-electron chi connectivity index (χ3n) is 3.50. The van der Waals surface area contributed by atoms with Crippen molar-refractivity contribution in [3.05, 3.63) is 71.3 Å². The first-order valence-corrected chi connectivity index (χ1v) is 6.71. The molecular formula is C17H18F2O. The van der Waals surface area contributed by atoms with Crippen LogP contribution in [-0.2, 0) is 12.0 Å². The van der Waals surface area contributed by atoms with Crippen molar-refractivity contribution in [2.75, 3.05) is 0 Å². The van der Waals surface area contributed by atoms with E-state index in [9.17, 15) is 13.9 Å². The minimum atomic E-state index is -1.36. The van der Waals surface area contributed by atoms with Gasteiger partial charge in [-0.15, -0.1) is 0 Å². The lowest BCUT2D eigenvalue weighted by molar-refractivity contribution is 0.0413. The molecule has 0 saturated heterocycles. The molecule has 3 heteroatoms. The van der Waals surface area contributed by atoms with Crippen LogP contribution in [0.1, 0.15) is 30.9 Å². The van der Waals surface area contributed by atoms with Crippen LogP contribution in [0, 0.1) is 11.6 Å². The Balaban J connectivity index is 2.02. The topological polar surface area (TPSA) is 20.2 Å². The van der Waals surface area contributed by atoms with E-state index in [1.807, 2.05) is 30.3 Å². The van der Waals surface area contributed by atoms with Crippen LogP contribution in [0.4, 0.5) is 8.78 Å². The number of hydrogen-bond donors (Lipinski definition) is 1. The molecule has 0 spiro atoms. The quantitative estimate of drug-likeness (QED) is 0.868. The Morgan fingerprint density at radius 3 is 2.40 bits per heavy atom. The second-order valence-corrected chi connectivity index (χ2v) is 5.21. The van der Waals surface area contributed by atoms with Crippen LogP contribution < -0.4 is 0 Å².